The first-order valence-corrected chi connectivity index (χ1v) is 19.6. The van der Waals surface area contributed by atoms with Gasteiger partial charge in [0.15, 0.2) is 0 Å². The molecule has 0 spiro atoms. The molecular weight excluding hydrogens is 536 g/mol. The van der Waals surface area contributed by atoms with Gasteiger partial charge in [-0.25, -0.2) is 0 Å². The molecular formula is C42H82O2. The molecule has 0 aliphatic carbocycles. The number of hydrogen-bond acceptors (Lipinski definition) is 2. The summed E-state index contributed by atoms with van der Waals surface area (Å²) in [5, 5.41) is 0. The van der Waals surface area contributed by atoms with Crippen molar-refractivity contribution in [2.45, 2.75) is 217 Å². The van der Waals surface area contributed by atoms with Crippen LogP contribution < -0.4 is 0 Å². The molecule has 0 N–H and O–H groups in total. The Balaban J connectivity index is 3.99. The normalized spacial score (nSPS) is 16.1. The number of rotatable bonds is 29. The van der Waals surface area contributed by atoms with Crippen LogP contribution in [0.4, 0.5) is 0 Å². The Morgan fingerprint density at radius 1 is 0.591 bits per heavy atom. The molecule has 0 saturated carbocycles. The van der Waals surface area contributed by atoms with Crippen molar-refractivity contribution >= 4 is 5.97 Å². The van der Waals surface area contributed by atoms with Crippen LogP contribution in [-0.4, -0.2) is 11.6 Å². The molecule has 0 bridgehead atoms. The number of ether oxygens (including phenoxy) is 1. The molecule has 0 aliphatic heterocycles. The van der Waals surface area contributed by atoms with E-state index in [0.29, 0.717) is 12.3 Å². The Morgan fingerprint density at radius 3 is 1.52 bits per heavy atom. The van der Waals surface area contributed by atoms with Crippen molar-refractivity contribution in [3.63, 3.8) is 0 Å². The fourth-order valence-corrected chi connectivity index (χ4v) is 7.12. The highest BCUT2D eigenvalue weighted by Gasteiger charge is 2.25. The lowest BCUT2D eigenvalue weighted by Gasteiger charge is -2.28. The molecule has 5 atom stereocenters. The second-order valence-electron chi connectivity index (χ2n) is 16.7. The lowest BCUT2D eigenvalue weighted by atomic mass is 9.88. The quantitative estimate of drug-likeness (QED) is 0.0473. The Labute approximate surface area is 278 Å². The molecule has 44 heavy (non-hydrogen) atoms. The summed E-state index contributed by atoms with van der Waals surface area (Å²) in [6.45, 7) is 25.5. The molecule has 2 nitrogen and oxygen atoms in total. The molecule has 0 amide bonds. The van der Waals surface area contributed by atoms with Crippen LogP contribution in [0, 0.1) is 35.5 Å². The van der Waals surface area contributed by atoms with Gasteiger partial charge >= 0.3 is 5.97 Å². The van der Waals surface area contributed by atoms with Gasteiger partial charge in [0, 0.05) is 6.42 Å². The Kier molecular flexibility index (Phi) is 25.8. The number of esters is 1. The molecule has 0 aromatic rings. The molecule has 0 saturated heterocycles. The molecule has 5 unspecified atom stereocenters. The van der Waals surface area contributed by atoms with Gasteiger partial charge in [-0.05, 0) is 94.8 Å². The number of carbonyl (C=O) groups excluding carboxylic acids is 1. The molecule has 0 aromatic carbocycles. The lowest BCUT2D eigenvalue weighted by Crippen LogP contribution is -2.30. The zero-order valence-electron chi connectivity index (χ0n) is 32.2. The van der Waals surface area contributed by atoms with E-state index in [1.165, 1.54) is 108 Å². The molecule has 0 radical (unpaired) electrons. The Morgan fingerprint density at radius 2 is 1.02 bits per heavy atom. The zero-order chi connectivity index (χ0) is 33.4. The van der Waals surface area contributed by atoms with Gasteiger partial charge in [-0.1, -0.05) is 157 Å². The maximum Gasteiger partial charge on any atom is 0.306 e. The maximum absolute atomic E-state index is 12.6. The van der Waals surface area contributed by atoms with E-state index >= 15 is 0 Å². The maximum atomic E-state index is 12.6. The van der Waals surface area contributed by atoms with Crippen molar-refractivity contribution in [3.8, 4) is 0 Å². The van der Waals surface area contributed by atoms with E-state index in [0.717, 1.165) is 55.3 Å². The highest BCUT2D eigenvalue weighted by atomic mass is 16.6. The Hall–Kier alpha value is -0.790. The van der Waals surface area contributed by atoms with E-state index in [1.54, 1.807) is 0 Å². The van der Waals surface area contributed by atoms with Gasteiger partial charge in [-0.3, -0.25) is 4.79 Å². The highest BCUT2D eigenvalue weighted by Crippen LogP contribution is 2.27. The second-order valence-corrected chi connectivity index (χ2v) is 16.7. The number of allylic oxidation sites excluding steroid dienone is 2. The van der Waals surface area contributed by atoms with E-state index in [2.05, 4.69) is 82.2 Å². The Bertz CT molecular complexity index is 705. The fourth-order valence-electron chi connectivity index (χ4n) is 7.12. The first kappa shape index (κ1) is 43.2. The van der Waals surface area contributed by atoms with Crippen LogP contribution >= 0.6 is 0 Å². The minimum absolute atomic E-state index is 0.0163. The van der Waals surface area contributed by atoms with Crippen LogP contribution in [0.5, 0.6) is 0 Å². The van der Waals surface area contributed by atoms with Crippen molar-refractivity contribution in [2.24, 2.45) is 35.5 Å². The standard InChI is InChI=1S/C42H82O2/c1-12-20-35(4)24-16-26-38(7)28-18-29-39(8)30-19-31-40(9)33-42(10,11)44-41(43)32-14-13-22-36(5)25-17-27-37(6)23-15-21-34(2)3/h25,34-35,37-40H,12-24,26-33H2,1-11H3. The van der Waals surface area contributed by atoms with E-state index < -0.39 is 0 Å². The number of carbonyl (C=O) groups is 1. The third-order valence-electron chi connectivity index (χ3n) is 10.0. The van der Waals surface area contributed by atoms with Crippen LogP contribution in [-0.2, 0) is 9.53 Å². The summed E-state index contributed by atoms with van der Waals surface area (Å²) in [6, 6.07) is 0. The van der Waals surface area contributed by atoms with Gasteiger partial charge in [-0.2, -0.15) is 0 Å². The second kappa shape index (κ2) is 26.3. The lowest BCUT2D eigenvalue weighted by molar-refractivity contribution is -0.158. The van der Waals surface area contributed by atoms with Crippen molar-refractivity contribution in [3.05, 3.63) is 11.6 Å². The van der Waals surface area contributed by atoms with Gasteiger partial charge in [-0.15, -0.1) is 0 Å². The van der Waals surface area contributed by atoms with Crippen LogP contribution in [0.1, 0.15) is 211 Å². The summed E-state index contributed by atoms with van der Waals surface area (Å²) in [4.78, 5) is 12.6. The first-order chi connectivity index (χ1) is 20.7. The van der Waals surface area contributed by atoms with Crippen molar-refractivity contribution in [1.29, 1.82) is 0 Å². The predicted octanol–water partition coefficient (Wildman–Crippen LogP) is 14.3. The summed E-state index contributed by atoms with van der Waals surface area (Å²) >= 11 is 0. The third kappa shape index (κ3) is 27.5. The number of hydrogen-bond donors (Lipinski definition) is 0. The summed E-state index contributed by atoms with van der Waals surface area (Å²) in [5.41, 5.74) is 1.11. The molecule has 0 aliphatic rings. The van der Waals surface area contributed by atoms with E-state index in [-0.39, 0.29) is 11.6 Å². The minimum Gasteiger partial charge on any atom is -0.460 e. The van der Waals surface area contributed by atoms with E-state index in [9.17, 15) is 4.79 Å². The average molecular weight is 619 g/mol. The third-order valence-corrected chi connectivity index (χ3v) is 10.0. The minimum atomic E-state index is -0.367. The van der Waals surface area contributed by atoms with Crippen molar-refractivity contribution < 1.29 is 9.53 Å². The topological polar surface area (TPSA) is 26.3 Å². The van der Waals surface area contributed by atoms with Gasteiger partial charge < -0.3 is 4.74 Å². The van der Waals surface area contributed by atoms with Gasteiger partial charge in [0.2, 0.25) is 0 Å². The van der Waals surface area contributed by atoms with Gasteiger partial charge in [0.25, 0.3) is 0 Å². The fraction of sp³-hybridized carbons (Fsp3) is 0.929. The van der Waals surface area contributed by atoms with Crippen LogP contribution in [0.3, 0.4) is 0 Å². The molecule has 262 valence electrons. The predicted molar refractivity (Wildman–Crippen MR) is 197 cm³/mol. The summed E-state index contributed by atoms with van der Waals surface area (Å²) < 4.78 is 5.96. The zero-order valence-corrected chi connectivity index (χ0v) is 32.2. The summed E-state index contributed by atoms with van der Waals surface area (Å²) in [7, 11) is 0. The molecule has 0 fully saturated rings. The van der Waals surface area contributed by atoms with Crippen molar-refractivity contribution in [2.75, 3.05) is 0 Å². The molecule has 2 heteroatoms. The SMILES string of the molecule is CCCC(C)CCCC(C)CCCC(C)CCCC(C)CC(C)(C)OC(=O)CCCCC(C)=CCCC(C)CCCC(C)C. The monoisotopic (exact) mass is 619 g/mol. The van der Waals surface area contributed by atoms with Crippen LogP contribution in [0.25, 0.3) is 0 Å². The molecule has 0 aromatic heterocycles. The van der Waals surface area contributed by atoms with Gasteiger partial charge in [0.05, 0.1) is 0 Å². The van der Waals surface area contributed by atoms with Crippen LogP contribution in [0.2, 0.25) is 0 Å². The highest BCUT2D eigenvalue weighted by molar-refractivity contribution is 5.69. The average Bonchev–Trinajstić information content (AvgIpc) is 2.90. The number of unbranched alkanes of at least 4 members (excludes halogenated alkanes) is 1. The summed E-state index contributed by atoms with van der Waals surface area (Å²) in [6.07, 6.45) is 28.6. The molecule has 0 heterocycles. The van der Waals surface area contributed by atoms with Gasteiger partial charge in [0.1, 0.15) is 5.60 Å². The van der Waals surface area contributed by atoms with E-state index in [1.807, 2.05) is 0 Å². The first-order valence-electron chi connectivity index (χ1n) is 19.6. The van der Waals surface area contributed by atoms with Crippen LogP contribution in [0.15, 0.2) is 11.6 Å². The van der Waals surface area contributed by atoms with Crippen molar-refractivity contribution in [1.82, 2.24) is 0 Å². The summed E-state index contributed by atoms with van der Waals surface area (Å²) in [5.74, 6) is 4.84. The smallest absolute Gasteiger partial charge is 0.306 e. The van der Waals surface area contributed by atoms with E-state index in [4.69, 9.17) is 4.74 Å². The molecule has 0 rings (SSSR count). The largest absolute Gasteiger partial charge is 0.460 e.